The van der Waals surface area contributed by atoms with Crippen LogP contribution in [-0.4, -0.2) is 4.57 Å². The van der Waals surface area contributed by atoms with Crippen LogP contribution < -0.4 is 0 Å². The van der Waals surface area contributed by atoms with Crippen LogP contribution in [0.3, 0.4) is 0 Å². The Hall–Kier alpha value is -7.22. The molecule has 264 valence electrons. The Balaban J connectivity index is 1.19. The maximum Gasteiger partial charge on any atom is 0.0541 e. The van der Waals surface area contributed by atoms with Crippen LogP contribution in [0.1, 0.15) is 22.6 Å². The second-order valence-electron chi connectivity index (χ2n) is 14.4. The van der Waals surface area contributed by atoms with Gasteiger partial charge in [-0.25, -0.2) is 0 Å². The van der Waals surface area contributed by atoms with Gasteiger partial charge in [0.05, 0.1) is 11.0 Å². The molecule has 0 aliphatic heterocycles. The summed E-state index contributed by atoms with van der Waals surface area (Å²) in [5.41, 5.74) is 17.1. The number of hydrogen-bond donors (Lipinski definition) is 0. The lowest BCUT2D eigenvalue weighted by Gasteiger charge is -2.24. The molecular weight excluding hydrogens is 675 g/mol. The topological polar surface area (TPSA) is 4.93 Å². The van der Waals surface area contributed by atoms with Gasteiger partial charge in [-0.1, -0.05) is 200 Å². The molecule has 0 bridgehead atoms. The zero-order valence-electron chi connectivity index (χ0n) is 31.0. The Kier molecular flexibility index (Phi) is 8.67. The Bertz CT molecular complexity index is 2940. The fraction of sp³-hybridized carbons (Fsp3) is 0.0182. The van der Waals surface area contributed by atoms with Crippen molar-refractivity contribution in [2.24, 2.45) is 0 Å². The molecule has 1 unspecified atom stereocenters. The predicted molar refractivity (Wildman–Crippen MR) is 236 cm³/mol. The van der Waals surface area contributed by atoms with E-state index in [1.54, 1.807) is 0 Å². The molecule has 0 radical (unpaired) electrons. The van der Waals surface area contributed by atoms with Crippen molar-refractivity contribution in [3.8, 4) is 50.2 Å². The monoisotopic (exact) mass is 713 g/mol. The van der Waals surface area contributed by atoms with Crippen LogP contribution in [0.4, 0.5) is 0 Å². The van der Waals surface area contributed by atoms with Gasteiger partial charge in [-0.2, -0.15) is 0 Å². The van der Waals surface area contributed by atoms with Gasteiger partial charge in [-0.15, -0.1) is 0 Å². The summed E-state index contributed by atoms with van der Waals surface area (Å²) in [4.78, 5) is 0. The van der Waals surface area contributed by atoms with E-state index in [2.05, 4.69) is 235 Å². The average Bonchev–Trinajstić information content (AvgIpc) is 3.61. The molecular formula is C55H39N. The first-order valence-electron chi connectivity index (χ1n) is 19.4. The van der Waals surface area contributed by atoms with Gasteiger partial charge in [0.2, 0.25) is 0 Å². The molecule has 10 aromatic rings. The van der Waals surface area contributed by atoms with E-state index < -0.39 is 0 Å². The van der Waals surface area contributed by atoms with E-state index >= 15 is 0 Å². The van der Waals surface area contributed by atoms with Crippen molar-refractivity contribution in [3.05, 3.63) is 247 Å². The molecule has 0 amide bonds. The third-order valence-electron chi connectivity index (χ3n) is 11.2. The first-order chi connectivity index (χ1) is 27.8. The van der Waals surface area contributed by atoms with Crippen LogP contribution >= 0.6 is 0 Å². The predicted octanol–water partition coefficient (Wildman–Crippen LogP) is 14.6. The van der Waals surface area contributed by atoms with E-state index in [4.69, 9.17) is 0 Å². The van der Waals surface area contributed by atoms with Crippen molar-refractivity contribution in [2.75, 3.05) is 0 Å². The summed E-state index contributed by atoms with van der Waals surface area (Å²) >= 11 is 0. The average molecular weight is 714 g/mol. The van der Waals surface area contributed by atoms with Crippen molar-refractivity contribution in [1.29, 1.82) is 0 Å². The van der Waals surface area contributed by atoms with Gasteiger partial charge in [0, 0.05) is 22.4 Å². The largest absolute Gasteiger partial charge is 0.309 e. The highest BCUT2D eigenvalue weighted by Gasteiger charge is 2.24. The Morgan fingerprint density at radius 2 is 0.750 bits per heavy atom. The number of benzene rings is 9. The summed E-state index contributed by atoms with van der Waals surface area (Å²) < 4.78 is 2.40. The first kappa shape index (κ1) is 33.4. The zero-order valence-corrected chi connectivity index (χ0v) is 31.0. The zero-order chi connectivity index (χ0) is 37.3. The minimum absolute atomic E-state index is 0.0308. The highest BCUT2D eigenvalue weighted by molar-refractivity contribution is 6.09. The lowest BCUT2D eigenvalue weighted by Crippen LogP contribution is -2.06. The summed E-state index contributed by atoms with van der Waals surface area (Å²) in [6, 6.07) is 84.0. The minimum atomic E-state index is -0.0308. The van der Waals surface area contributed by atoms with E-state index in [0.717, 1.165) is 5.69 Å². The van der Waals surface area contributed by atoms with Gasteiger partial charge in [0.1, 0.15) is 0 Å². The van der Waals surface area contributed by atoms with Gasteiger partial charge in [-0.3, -0.25) is 0 Å². The third kappa shape index (κ3) is 6.00. The highest BCUT2D eigenvalue weighted by atomic mass is 15.0. The molecule has 9 aromatic carbocycles. The summed E-state index contributed by atoms with van der Waals surface area (Å²) in [7, 11) is 0. The first-order valence-corrected chi connectivity index (χ1v) is 19.4. The smallest absolute Gasteiger partial charge is 0.0541 e. The Morgan fingerprint density at radius 3 is 1.45 bits per heavy atom. The van der Waals surface area contributed by atoms with Crippen LogP contribution in [0.5, 0.6) is 0 Å². The summed E-state index contributed by atoms with van der Waals surface area (Å²) in [5, 5.41) is 2.50. The van der Waals surface area contributed by atoms with Crippen LogP contribution in [0.2, 0.25) is 0 Å². The molecule has 1 nitrogen and oxygen atoms in total. The van der Waals surface area contributed by atoms with Crippen molar-refractivity contribution >= 4 is 21.8 Å². The maximum absolute atomic E-state index is 2.44. The molecule has 0 fully saturated rings. The Morgan fingerprint density at radius 1 is 0.286 bits per heavy atom. The maximum atomic E-state index is 2.44. The molecule has 0 spiro atoms. The summed E-state index contributed by atoms with van der Waals surface area (Å²) in [5.74, 6) is -0.0308. The van der Waals surface area contributed by atoms with E-state index in [-0.39, 0.29) is 5.92 Å². The van der Waals surface area contributed by atoms with Gasteiger partial charge in [0.25, 0.3) is 0 Å². The van der Waals surface area contributed by atoms with E-state index in [9.17, 15) is 0 Å². The molecule has 0 aliphatic rings. The number of nitrogens with zero attached hydrogens (tertiary/aromatic N) is 1. The number of fused-ring (bicyclic) bond motifs is 3. The minimum Gasteiger partial charge on any atom is -0.309 e. The fourth-order valence-corrected chi connectivity index (χ4v) is 8.61. The van der Waals surface area contributed by atoms with E-state index in [1.165, 1.54) is 83.0 Å². The highest BCUT2D eigenvalue weighted by Crippen LogP contribution is 2.45. The van der Waals surface area contributed by atoms with Gasteiger partial charge >= 0.3 is 0 Å². The molecule has 10 rings (SSSR count). The number of hydrogen-bond acceptors (Lipinski definition) is 0. The molecule has 56 heavy (non-hydrogen) atoms. The number of rotatable bonds is 8. The van der Waals surface area contributed by atoms with Gasteiger partial charge in [-0.05, 0) is 91.5 Å². The molecule has 0 aliphatic carbocycles. The second-order valence-corrected chi connectivity index (χ2v) is 14.4. The van der Waals surface area contributed by atoms with Crippen molar-refractivity contribution in [3.63, 3.8) is 0 Å². The number of aromatic nitrogens is 1. The fourth-order valence-electron chi connectivity index (χ4n) is 8.61. The Labute approximate surface area is 328 Å². The van der Waals surface area contributed by atoms with Crippen LogP contribution in [-0.2, 0) is 0 Å². The normalized spacial score (nSPS) is 11.9. The molecule has 1 heteroatoms. The van der Waals surface area contributed by atoms with Crippen molar-refractivity contribution < 1.29 is 0 Å². The molecule has 1 atom stereocenters. The van der Waals surface area contributed by atoms with Gasteiger partial charge < -0.3 is 4.57 Å². The molecule has 1 heterocycles. The SMILES string of the molecule is c1ccc(-c2ccc(C(c3ccc4c(c3)c3ccccc3n4-c3ccccc3)c3ccccc3-c3ccccc3-c3ccccc3-c3ccccc3)cc2)cc1. The van der Waals surface area contributed by atoms with Crippen LogP contribution in [0.15, 0.2) is 231 Å². The second kappa shape index (κ2) is 14.5. The summed E-state index contributed by atoms with van der Waals surface area (Å²) in [6.45, 7) is 0. The van der Waals surface area contributed by atoms with Crippen LogP contribution in [0.25, 0.3) is 72.0 Å². The quantitative estimate of drug-likeness (QED) is 0.138. The lowest BCUT2D eigenvalue weighted by atomic mass is 9.79. The lowest BCUT2D eigenvalue weighted by molar-refractivity contribution is 0.982. The summed E-state index contributed by atoms with van der Waals surface area (Å²) in [6.07, 6.45) is 0. The molecule has 0 saturated carbocycles. The van der Waals surface area contributed by atoms with Crippen molar-refractivity contribution in [2.45, 2.75) is 5.92 Å². The van der Waals surface area contributed by atoms with Crippen LogP contribution in [0, 0.1) is 0 Å². The van der Waals surface area contributed by atoms with Crippen molar-refractivity contribution in [1.82, 2.24) is 4.57 Å². The molecule has 0 saturated heterocycles. The van der Waals surface area contributed by atoms with Gasteiger partial charge in [0.15, 0.2) is 0 Å². The molecule has 0 N–H and O–H groups in total. The van der Waals surface area contributed by atoms with E-state index in [1.807, 2.05) is 0 Å². The third-order valence-corrected chi connectivity index (χ3v) is 11.2. The number of para-hydroxylation sites is 2. The molecule has 1 aromatic heterocycles. The van der Waals surface area contributed by atoms with E-state index in [0.29, 0.717) is 0 Å². The standard InChI is InChI=1S/C55H39N/c1-4-18-39(19-5-1)40-32-34-42(35-33-40)55(43-36-37-54-52(38-43)50-29-16-17-31-53(50)56(54)44-22-8-3-9-23-44)51-30-15-14-28-49(51)48-27-13-12-26-47(48)46-25-11-10-24-45(46)41-20-6-2-7-21-41/h1-38,55H.